The third kappa shape index (κ3) is 1890. The van der Waals surface area contributed by atoms with Gasteiger partial charge in [-0.1, -0.05) is 0 Å². The third-order valence-electron chi connectivity index (χ3n) is 0. The zero-order chi connectivity index (χ0) is 7.15. The predicted molar refractivity (Wildman–Crippen MR) is 34.0 cm³/mol. The summed E-state index contributed by atoms with van der Waals surface area (Å²) in [6.45, 7) is 0. The molecular formula is H5ClO6S2. The molecule has 0 unspecified atom stereocenters. The van der Waals surface area contributed by atoms with Gasteiger partial charge >= 0.3 is 0 Å². The van der Waals surface area contributed by atoms with Gasteiger partial charge in [-0.25, -0.2) is 0 Å². The summed E-state index contributed by atoms with van der Waals surface area (Å²) in [6.07, 6.45) is 0. The second-order valence-electron chi connectivity index (χ2n) is 0.461. The van der Waals surface area contributed by atoms with Gasteiger partial charge in [0.15, 0.2) is 0 Å². The van der Waals surface area contributed by atoms with E-state index in [-0.39, 0.29) is 12.4 Å². The van der Waals surface area contributed by atoms with Crippen molar-refractivity contribution in [2.75, 3.05) is 0 Å². The van der Waals surface area contributed by atoms with Crippen molar-refractivity contribution in [1.29, 1.82) is 0 Å². The molecule has 0 aliphatic heterocycles. The minimum Gasteiger partial charge on any atom is -0.284 e. The zero-order valence-electron chi connectivity index (χ0n) is 3.83. The highest BCUT2D eigenvalue weighted by Gasteiger charge is 1.63. The van der Waals surface area contributed by atoms with Crippen molar-refractivity contribution in [1.82, 2.24) is 0 Å². The van der Waals surface area contributed by atoms with Gasteiger partial charge in [0.2, 0.25) is 0 Å². The molecule has 0 aliphatic carbocycles. The number of halogens is 1. The normalized spacial score (nSPS) is 7.78. The molecule has 0 rings (SSSR count). The molecule has 0 amide bonds. The van der Waals surface area contributed by atoms with Gasteiger partial charge in [0.25, 0.3) is 22.7 Å². The minimum atomic E-state index is -2.61. The summed E-state index contributed by atoms with van der Waals surface area (Å²) < 4.78 is 45.7. The van der Waals surface area contributed by atoms with Crippen LogP contribution >= 0.6 is 12.4 Å². The van der Waals surface area contributed by atoms with E-state index in [1.807, 2.05) is 0 Å². The summed E-state index contributed by atoms with van der Waals surface area (Å²) >= 11 is -5.22. The Morgan fingerprint density at radius 1 is 0.778 bits per heavy atom. The number of hydrogen-bond acceptors (Lipinski definition) is 2. The van der Waals surface area contributed by atoms with E-state index in [4.69, 9.17) is 26.6 Å². The van der Waals surface area contributed by atoms with Crippen LogP contribution in [0.3, 0.4) is 0 Å². The van der Waals surface area contributed by atoms with Crippen LogP contribution in [-0.2, 0) is 22.7 Å². The maximum atomic E-state index is 8.67. The molecule has 0 radical (unpaired) electrons. The number of rotatable bonds is 0. The van der Waals surface area contributed by atoms with Crippen molar-refractivity contribution >= 4 is 35.1 Å². The van der Waals surface area contributed by atoms with Crippen molar-refractivity contribution in [3.8, 4) is 0 Å². The maximum absolute atomic E-state index is 8.67. The highest BCUT2D eigenvalue weighted by molar-refractivity contribution is 7.73. The lowest BCUT2D eigenvalue weighted by Gasteiger charge is -1.59. The Labute approximate surface area is 62.3 Å². The molecule has 0 aliphatic rings. The van der Waals surface area contributed by atoms with Crippen molar-refractivity contribution in [2.24, 2.45) is 0 Å². The van der Waals surface area contributed by atoms with Crippen LogP contribution < -0.4 is 0 Å². The van der Waals surface area contributed by atoms with Gasteiger partial charge in [0, 0.05) is 0 Å². The number of hydrogen-bond donors (Lipinski definition) is 4. The molecule has 6 nitrogen and oxygen atoms in total. The smallest absolute Gasteiger partial charge is 0.284 e. The van der Waals surface area contributed by atoms with Gasteiger partial charge in [-0.2, -0.15) is 8.42 Å². The van der Waals surface area contributed by atoms with Crippen molar-refractivity contribution in [3.05, 3.63) is 0 Å². The molecule has 0 aromatic carbocycles. The van der Waals surface area contributed by atoms with Crippen LogP contribution in [0.4, 0.5) is 0 Å². The van der Waals surface area contributed by atoms with E-state index in [0.717, 1.165) is 0 Å². The van der Waals surface area contributed by atoms with Crippen molar-refractivity contribution in [2.45, 2.75) is 0 Å². The van der Waals surface area contributed by atoms with E-state index >= 15 is 0 Å². The monoisotopic (exact) mass is 200 g/mol. The van der Waals surface area contributed by atoms with Gasteiger partial charge in [-0.15, -0.1) is 12.4 Å². The Bertz CT molecular complexity index is 69.1. The molecule has 0 aromatic rings. The third-order valence-corrected chi connectivity index (χ3v) is 0. The van der Waals surface area contributed by atoms with Crippen LogP contribution in [0, 0.1) is 0 Å². The molecule has 0 spiro atoms. The zero-order valence-corrected chi connectivity index (χ0v) is 6.28. The molecule has 0 saturated carbocycles. The van der Waals surface area contributed by atoms with E-state index in [2.05, 4.69) is 0 Å². The Kier molecular flexibility index (Phi) is 20.3. The van der Waals surface area contributed by atoms with E-state index in [1.165, 1.54) is 0 Å². The van der Waals surface area contributed by atoms with Gasteiger partial charge in [-0.05, 0) is 0 Å². The van der Waals surface area contributed by atoms with Crippen molar-refractivity contribution < 1.29 is 26.6 Å². The fourth-order valence-electron chi connectivity index (χ4n) is 0. The Balaban J connectivity index is -0.0000000720. The molecule has 0 aromatic heterocycles. The molecule has 0 heterocycles. The average molecular weight is 201 g/mol. The van der Waals surface area contributed by atoms with Crippen LogP contribution in [0.2, 0.25) is 0 Å². The van der Waals surface area contributed by atoms with Gasteiger partial charge in [0.05, 0.1) is 0 Å². The Morgan fingerprint density at radius 3 is 0.778 bits per heavy atom. The molecule has 0 atom stereocenters. The lowest BCUT2D eigenvalue weighted by atomic mass is 15.8. The molecular weight excluding hydrogens is 196 g/mol. The van der Waals surface area contributed by atoms with Gasteiger partial charge in [-0.3, -0.25) is 18.2 Å². The quantitative estimate of drug-likeness (QED) is 0.402. The molecule has 0 saturated heterocycles. The first kappa shape index (κ1) is 16.2. The molecule has 9 heteroatoms. The van der Waals surface area contributed by atoms with E-state index in [1.54, 1.807) is 0 Å². The van der Waals surface area contributed by atoms with Crippen LogP contribution in [0.25, 0.3) is 0 Å². The first-order valence-electron chi connectivity index (χ1n) is 1.06. The Hall–Kier alpha value is 0.430. The average Bonchev–Trinajstić information content (AvgIpc) is 1.25. The Morgan fingerprint density at radius 2 is 0.778 bits per heavy atom. The summed E-state index contributed by atoms with van der Waals surface area (Å²) in [4.78, 5) is 0. The predicted octanol–water partition coefficient (Wildman–Crippen LogP) is -0.216. The van der Waals surface area contributed by atoms with E-state index in [0.29, 0.717) is 0 Å². The molecule has 4 N–H and O–H groups in total. The summed E-state index contributed by atoms with van der Waals surface area (Å²) in [5.74, 6) is 0. The topological polar surface area (TPSA) is 115 Å². The first-order chi connectivity index (χ1) is 3.46. The fourth-order valence-corrected chi connectivity index (χ4v) is 0. The summed E-state index contributed by atoms with van der Waals surface area (Å²) in [5.41, 5.74) is 0. The molecule has 9 heavy (non-hydrogen) atoms. The molecule has 0 bridgehead atoms. The van der Waals surface area contributed by atoms with Crippen molar-refractivity contribution in [3.63, 3.8) is 0 Å². The van der Waals surface area contributed by atoms with Gasteiger partial charge in [0.1, 0.15) is 0 Å². The SMILES string of the molecule is Cl.O=S(O)O.O=S(O)O. The van der Waals surface area contributed by atoms with E-state index in [9.17, 15) is 0 Å². The second kappa shape index (κ2) is 11.3. The standard InChI is InChI=1S/ClH.2H2O3S/c;2*1-4(2)3/h1H;2*(H2,1,2,3). The fraction of sp³-hybridized carbons (Fsp3) is 0. The molecule has 60 valence electrons. The lowest BCUT2D eigenvalue weighted by Crippen LogP contribution is -1.74. The maximum Gasteiger partial charge on any atom is 0.299 e. The highest BCUT2D eigenvalue weighted by atomic mass is 35.5. The van der Waals surface area contributed by atoms with Gasteiger partial charge < -0.3 is 0 Å². The first-order valence-corrected chi connectivity index (χ1v) is 3.19. The van der Waals surface area contributed by atoms with Crippen LogP contribution in [0.1, 0.15) is 0 Å². The summed E-state index contributed by atoms with van der Waals surface area (Å²) in [6, 6.07) is 0. The van der Waals surface area contributed by atoms with Crippen LogP contribution in [-0.4, -0.2) is 26.6 Å². The van der Waals surface area contributed by atoms with Crippen LogP contribution in [0.15, 0.2) is 0 Å². The summed E-state index contributed by atoms with van der Waals surface area (Å²) in [7, 11) is 0. The molecule has 0 fully saturated rings. The highest BCUT2D eigenvalue weighted by Crippen LogP contribution is 1.44. The summed E-state index contributed by atoms with van der Waals surface area (Å²) in [5, 5.41) is 0. The lowest BCUT2D eigenvalue weighted by molar-refractivity contribution is 0.452. The largest absolute Gasteiger partial charge is 0.299 e. The second-order valence-corrected chi connectivity index (χ2v) is 1.38. The van der Waals surface area contributed by atoms with E-state index < -0.39 is 22.7 Å². The minimum absolute atomic E-state index is 0. The van der Waals surface area contributed by atoms with Crippen LogP contribution in [0.5, 0.6) is 0 Å².